The minimum absolute atomic E-state index is 0.0744. The van der Waals surface area contributed by atoms with Crippen LogP contribution in [0.3, 0.4) is 0 Å². The highest BCUT2D eigenvalue weighted by Crippen LogP contribution is 2.23. The van der Waals surface area contributed by atoms with Crippen LogP contribution in [-0.4, -0.2) is 33.9 Å². The summed E-state index contributed by atoms with van der Waals surface area (Å²) in [4.78, 5) is 38.2. The van der Waals surface area contributed by atoms with Crippen molar-refractivity contribution in [3.8, 4) is 5.75 Å². The Balaban J connectivity index is 1.49. The van der Waals surface area contributed by atoms with Gasteiger partial charge in [0.2, 0.25) is 0 Å². The second-order valence-electron chi connectivity index (χ2n) is 6.69. The van der Waals surface area contributed by atoms with Gasteiger partial charge in [-0.05, 0) is 42.5 Å². The van der Waals surface area contributed by atoms with Crippen LogP contribution < -0.4 is 10.1 Å². The van der Waals surface area contributed by atoms with E-state index < -0.39 is 17.8 Å². The molecule has 3 heterocycles. The molecule has 3 aromatic rings. The monoisotopic (exact) mass is 439 g/mol. The zero-order valence-corrected chi connectivity index (χ0v) is 17.0. The number of furan rings is 1. The molecule has 8 nitrogen and oxygen atoms in total. The molecule has 0 aliphatic carbocycles. The number of urea groups is 1. The molecule has 0 spiro atoms. The van der Waals surface area contributed by atoms with Gasteiger partial charge in [-0.2, -0.15) is 0 Å². The van der Waals surface area contributed by atoms with Crippen LogP contribution in [0.5, 0.6) is 5.75 Å². The van der Waals surface area contributed by atoms with E-state index in [1.807, 2.05) is 16.7 Å². The molecule has 1 aromatic carbocycles. The molecule has 4 amide bonds. The number of barbiturate groups is 1. The average molecular weight is 440 g/mol. The van der Waals surface area contributed by atoms with Crippen LogP contribution in [-0.2, 0) is 22.7 Å². The quantitative estimate of drug-likeness (QED) is 0.449. The SMILES string of the molecule is O=C1NC(=O)N(Cc2ccco2)C(=O)/C1=C/c1cccn1CCOc1ccccc1Cl. The summed E-state index contributed by atoms with van der Waals surface area (Å²) in [5.74, 6) is -0.432. The van der Waals surface area contributed by atoms with Gasteiger partial charge in [0.05, 0.1) is 24.4 Å². The molecule has 31 heavy (non-hydrogen) atoms. The van der Waals surface area contributed by atoms with Crippen LogP contribution in [0, 0.1) is 0 Å². The van der Waals surface area contributed by atoms with Crippen LogP contribution in [0.25, 0.3) is 6.08 Å². The molecule has 2 aromatic heterocycles. The number of halogens is 1. The molecule has 1 aliphatic heterocycles. The molecule has 158 valence electrons. The summed E-state index contributed by atoms with van der Waals surface area (Å²) < 4.78 is 12.7. The Morgan fingerprint density at radius 3 is 2.68 bits per heavy atom. The fourth-order valence-corrected chi connectivity index (χ4v) is 3.31. The molecule has 0 atom stereocenters. The molecule has 0 bridgehead atoms. The maximum Gasteiger partial charge on any atom is 0.331 e. The van der Waals surface area contributed by atoms with Gasteiger partial charge < -0.3 is 13.7 Å². The van der Waals surface area contributed by atoms with E-state index in [0.717, 1.165) is 4.90 Å². The maximum absolute atomic E-state index is 12.8. The molecule has 1 saturated heterocycles. The summed E-state index contributed by atoms with van der Waals surface area (Å²) in [6.45, 7) is 0.717. The van der Waals surface area contributed by atoms with E-state index in [1.165, 1.54) is 12.3 Å². The second-order valence-corrected chi connectivity index (χ2v) is 7.10. The molecule has 0 unspecified atom stereocenters. The van der Waals surface area contributed by atoms with Crippen molar-refractivity contribution in [1.82, 2.24) is 14.8 Å². The Kier molecular flexibility index (Phi) is 5.90. The number of nitrogens with one attached hydrogen (secondary N) is 1. The predicted octanol–water partition coefficient (Wildman–Crippen LogP) is 3.48. The van der Waals surface area contributed by atoms with Crippen molar-refractivity contribution in [3.63, 3.8) is 0 Å². The standard InChI is InChI=1S/C22H18ClN3O5/c23-18-7-1-2-8-19(18)31-12-10-25-9-3-5-15(25)13-17-20(27)24-22(29)26(21(17)28)14-16-6-4-11-30-16/h1-9,11,13H,10,12,14H2,(H,24,27,29)/b17-13+. The predicted molar refractivity (Wildman–Crippen MR) is 112 cm³/mol. The first-order valence-corrected chi connectivity index (χ1v) is 9.84. The fraction of sp³-hybridized carbons (Fsp3) is 0.136. The Bertz CT molecular complexity index is 1150. The number of benzene rings is 1. The number of rotatable bonds is 7. The highest BCUT2D eigenvalue weighted by atomic mass is 35.5. The molecule has 0 radical (unpaired) electrons. The molecule has 1 fully saturated rings. The number of hydrogen-bond donors (Lipinski definition) is 1. The molecule has 0 saturated carbocycles. The topological polar surface area (TPSA) is 93.8 Å². The third-order valence-corrected chi connectivity index (χ3v) is 4.98. The van der Waals surface area contributed by atoms with Gasteiger partial charge >= 0.3 is 6.03 Å². The van der Waals surface area contributed by atoms with Crippen LogP contribution in [0.2, 0.25) is 5.02 Å². The molecule has 1 aliphatic rings. The van der Waals surface area contributed by atoms with E-state index in [4.69, 9.17) is 20.8 Å². The number of carbonyl (C=O) groups excluding carboxylic acids is 3. The molecule has 4 rings (SSSR count). The van der Waals surface area contributed by atoms with Crippen molar-refractivity contribution in [2.24, 2.45) is 0 Å². The number of amides is 4. The van der Waals surface area contributed by atoms with E-state index >= 15 is 0 Å². The van der Waals surface area contributed by atoms with E-state index in [-0.39, 0.29) is 12.1 Å². The fourth-order valence-electron chi connectivity index (χ4n) is 3.12. The average Bonchev–Trinajstić information content (AvgIpc) is 3.42. The lowest BCUT2D eigenvalue weighted by atomic mass is 10.1. The Morgan fingerprint density at radius 2 is 1.90 bits per heavy atom. The van der Waals surface area contributed by atoms with Crippen molar-refractivity contribution in [3.05, 3.63) is 83.0 Å². The lowest BCUT2D eigenvalue weighted by Gasteiger charge is -2.25. The summed E-state index contributed by atoms with van der Waals surface area (Å²) in [7, 11) is 0. The lowest BCUT2D eigenvalue weighted by Crippen LogP contribution is -2.53. The summed E-state index contributed by atoms with van der Waals surface area (Å²) in [6, 6.07) is 13.2. The normalized spacial score (nSPS) is 15.5. The third-order valence-electron chi connectivity index (χ3n) is 4.66. The van der Waals surface area contributed by atoms with E-state index in [0.29, 0.717) is 35.4 Å². The van der Waals surface area contributed by atoms with Gasteiger partial charge in [-0.1, -0.05) is 23.7 Å². The van der Waals surface area contributed by atoms with E-state index in [2.05, 4.69) is 5.32 Å². The third kappa shape index (κ3) is 4.54. The lowest BCUT2D eigenvalue weighted by molar-refractivity contribution is -0.130. The smallest absolute Gasteiger partial charge is 0.331 e. The van der Waals surface area contributed by atoms with Gasteiger partial charge in [0.15, 0.2) is 0 Å². The highest BCUT2D eigenvalue weighted by molar-refractivity contribution is 6.32. The number of carbonyl (C=O) groups is 3. The van der Waals surface area contributed by atoms with E-state index in [9.17, 15) is 14.4 Å². The summed E-state index contributed by atoms with van der Waals surface area (Å²) in [5.41, 5.74) is 0.478. The Morgan fingerprint density at radius 1 is 1.06 bits per heavy atom. The van der Waals surface area contributed by atoms with Gasteiger partial charge in [0.25, 0.3) is 11.8 Å². The van der Waals surface area contributed by atoms with Gasteiger partial charge in [-0.25, -0.2) is 4.79 Å². The summed E-state index contributed by atoms with van der Waals surface area (Å²) >= 11 is 6.09. The van der Waals surface area contributed by atoms with E-state index in [1.54, 1.807) is 42.6 Å². The van der Waals surface area contributed by atoms with Gasteiger partial charge in [-0.15, -0.1) is 0 Å². The molecular weight excluding hydrogens is 422 g/mol. The summed E-state index contributed by atoms with van der Waals surface area (Å²) in [5, 5.41) is 2.71. The van der Waals surface area contributed by atoms with Crippen molar-refractivity contribution >= 4 is 35.5 Å². The van der Waals surface area contributed by atoms with Crippen molar-refractivity contribution < 1.29 is 23.5 Å². The van der Waals surface area contributed by atoms with Gasteiger partial charge in [-0.3, -0.25) is 19.8 Å². The first-order valence-electron chi connectivity index (χ1n) is 9.46. The molecule has 9 heteroatoms. The minimum atomic E-state index is -0.785. The minimum Gasteiger partial charge on any atom is -0.490 e. The zero-order valence-electron chi connectivity index (χ0n) is 16.3. The first kappa shape index (κ1) is 20.5. The Labute approximate surface area is 182 Å². The first-order chi connectivity index (χ1) is 15.0. The molecular formula is C22H18ClN3O5. The van der Waals surface area contributed by atoms with Crippen molar-refractivity contribution in [1.29, 1.82) is 0 Å². The van der Waals surface area contributed by atoms with Gasteiger partial charge in [0, 0.05) is 11.9 Å². The van der Waals surface area contributed by atoms with Crippen LogP contribution in [0.15, 0.2) is 71.0 Å². The van der Waals surface area contributed by atoms with Crippen LogP contribution in [0.1, 0.15) is 11.5 Å². The van der Waals surface area contributed by atoms with Crippen molar-refractivity contribution in [2.75, 3.05) is 6.61 Å². The number of hydrogen-bond acceptors (Lipinski definition) is 5. The molecule has 1 N–H and O–H groups in total. The number of imide groups is 2. The number of aromatic nitrogens is 1. The van der Waals surface area contributed by atoms with Gasteiger partial charge in [0.1, 0.15) is 23.7 Å². The van der Waals surface area contributed by atoms with Crippen LogP contribution in [0.4, 0.5) is 4.79 Å². The van der Waals surface area contributed by atoms with Crippen molar-refractivity contribution in [2.45, 2.75) is 13.1 Å². The number of para-hydroxylation sites is 1. The largest absolute Gasteiger partial charge is 0.490 e. The number of ether oxygens (including phenoxy) is 1. The Hall–Kier alpha value is -3.78. The highest BCUT2D eigenvalue weighted by Gasteiger charge is 2.36. The van der Waals surface area contributed by atoms with Crippen LogP contribution >= 0.6 is 11.6 Å². The maximum atomic E-state index is 12.8. The zero-order chi connectivity index (χ0) is 21.8. The second kappa shape index (κ2) is 8.93. The summed E-state index contributed by atoms with van der Waals surface area (Å²) in [6.07, 6.45) is 4.70. The number of nitrogens with zero attached hydrogens (tertiary/aromatic N) is 2.